The Labute approximate surface area is 112 Å². The molecule has 0 saturated carbocycles. The Balaban J connectivity index is 2.55. The van der Waals surface area contributed by atoms with Gasteiger partial charge in [-0.2, -0.15) is 0 Å². The van der Waals surface area contributed by atoms with Crippen LogP contribution in [0.2, 0.25) is 5.02 Å². The minimum Gasteiger partial charge on any atom is -0.492 e. The van der Waals surface area contributed by atoms with E-state index in [0.717, 1.165) is 13.0 Å². The number of rotatable bonds is 6. The third-order valence-electron chi connectivity index (χ3n) is 2.36. The largest absolute Gasteiger partial charge is 0.492 e. The first-order valence-electron chi connectivity index (χ1n) is 5.70. The summed E-state index contributed by atoms with van der Waals surface area (Å²) in [5.74, 6) is 0.180. The van der Waals surface area contributed by atoms with Crippen molar-refractivity contribution in [3.05, 3.63) is 28.8 Å². The van der Waals surface area contributed by atoms with E-state index >= 15 is 0 Å². The number of hydrogen-bond acceptors (Lipinski definition) is 4. The summed E-state index contributed by atoms with van der Waals surface area (Å²) in [4.78, 5) is 13.4. The van der Waals surface area contributed by atoms with Gasteiger partial charge in [0.1, 0.15) is 5.75 Å². The van der Waals surface area contributed by atoms with Crippen LogP contribution in [-0.2, 0) is 4.74 Å². The molecule has 0 unspecified atom stereocenters. The van der Waals surface area contributed by atoms with Crippen LogP contribution in [0.4, 0.5) is 0 Å². The number of halogens is 1. The Kier molecular flexibility index (Phi) is 5.95. The number of esters is 1. The van der Waals surface area contributed by atoms with Gasteiger partial charge in [0, 0.05) is 6.54 Å². The SMILES string of the molecule is COC(=O)c1ccc(OCCCN(C)C)c(Cl)c1. The van der Waals surface area contributed by atoms with Crippen molar-refractivity contribution in [2.75, 3.05) is 34.4 Å². The second kappa shape index (κ2) is 7.24. The maximum atomic E-state index is 11.3. The first-order valence-corrected chi connectivity index (χ1v) is 6.07. The molecule has 0 radical (unpaired) electrons. The van der Waals surface area contributed by atoms with Gasteiger partial charge < -0.3 is 14.4 Å². The molecule has 100 valence electrons. The molecule has 0 atom stereocenters. The topological polar surface area (TPSA) is 38.8 Å². The van der Waals surface area contributed by atoms with E-state index in [-0.39, 0.29) is 0 Å². The second-order valence-electron chi connectivity index (χ2n) is 4.14. The molecule has 0 bridgehead atoms. The molecule has 1 aromatic carbocycles. The monoisotopic (exact) mass is 271 g/mol. The van der Waals surface area contributed by atoms with Crippen molar-refractivity contribution in [3.63, 3.8) is 0 Å². The molecule has 5 heteroatoms. The van der Waals surface area contributed by atoms with E-state index in [1.165, 1.54) is 7.11 Å². The normalized spacial score (nSPS) is 10.5. The minimum atomic E-state index is -0.406. The standard InChI is InChI=1S/C13H18ClNO3/c1-15(2)7-4-8-18-12-6-5-10(9-11(12)14)13(16)17-3/h5-6,9H,4,7-8H2,1-3H3. The lowest BCUT2D eigenvalue weighted by Gasteiger charge is -2.11. The molecule has 0 aromatic heterocycles. The number of ether oxygens (including phenoxy) is 2. The molecule has 0 aliphatic carbocycles. The van der Waals surface area contributed by atoms with Gasteiger partial charge in [-0.05, 0) is 38.7 Å². The molecule has 1 rings (SSSR count). The number of carbonyl (C=O) groups is 1. The van der Waals surface area contributed by atoms with Crippen LogP contribution in [0.3, 0.4) is 0 Å². The predicted molar refractivity (Wildman–Crippen MR) is 71.5 cm³/mol. The molecule has 4 nitrogen and oxygen atoms in total. The van der Waals surface area contributed by atoms with Crippen LogP contribution >= 0.6 is 11.6 Å². The summed E-state index contributed by atoms with van der Waals surface area (Å²) in [6, 6.07) is 4.87. The highest BCUT2D eigenvalue weighted by Crippen LogP contribution is 2.25. The molecule has 0 aliphatic rings. The molecule has 0 amide bonds. The van der Waals surface area contributed by atoms with Gasteiger partial charge in [0.05, 0.1) is 24.3 Å². The van der Waals surface area contributed by atoms with Gasteiger partial charge in [-0.15, -0.1) is 0 Å². The summed E-state index contributed by atoms with van der Waals surface area (Å²) in [6.07, 6.45) is 0.919. The van der Waals surface area contributed by atoms with Crippen molar-refractivity contribution < 1.29 is 14.3 Å². The van der Waals surface area contributed by atoms with Crippen molar-refractivity contribution in [1.29, 1.82) is 0 Å². The highest BCUT2D eigenvalue weighted by molar-refractivity contribution is 6.32. The number of hydrogen-bond donors (Lipinski definition) is 0. The van der Waals surface area contributed by atoms with Crippen molar-refractivity contribution in [3.8, 4) is 5.75 Å². The fourth-order valence-electron chi connectivity index (χ4n) is 1.43. The van der Waals surface area contributed by atoms with Crippen LogP contribution in [0, 0.1) is 0 Å². The minimum absolute atomic E-state index is 0.406. The second-order valence-corrected chi connectivity index (χ2v) is 4.55. The van der Waals surface area contributed by atoms with E-state index in [1.54, 1.807) is 18.2 Å². The summed E-state index contributed by atoms with van der Waals surface area (Å²) in [6.45, 7) is 1.55. The molecule has 18 heavy (non-hydrogen) atoms. The third kappa shape index (κ3) is 4.55. The zero-order valence-corrected chi connectivity index (χ0v) is 11.7. The van der Waals surface area contributed by atoms with Crippen LogP contribution in [0.5, 0.6) is 5.75 Å². The summed E-state index contributed by atoms with van der Waals surface area (Å²) in [5.41, 5.74) is 0.420. The summed E-state index contributed by atoms with van der Waals surface area (Å²) >= 11 is 6.03. The first-order chi connectivity index (χ1) is 8.54. The van der Waals surface area contributed by atoms with E-state index in [1.807, 2.05) is 14.1 Å². The Bertz CT molecular complexity index is 407. The van der Waals surface area contributed by atoms with E-state index in [4.69, 9.17) is 16.3 Å². The quantitative estimate of drug-likeness (QED) is 0.588. The van der Waals surface area contributed by atoms with E-state index in [0.29, 0.717) is 22.9 Å². The van der Waals surface area contributed by atoms with Crippen LogP contribution in [0.15, 0.2) is 18.2 Å². The fraction of sp³-hybridized carbons (Fsp3) is 0.462. The molecule has 0 heterocycles. The fourth-order valence-corrected chi connectivity index (χ4v) is 1.66. The maximum absolute atomic E-state index is 11.3. The molecule has 0 N–H and O–H groups in total. The summed E-state index contributed by atoms with van der Waals surface area (Å²) in [5, 5.41) is 0.419. The lowest BCUT2D eigenvalue weighted by atomic mass is 10.2. The summed E-state index contributed by atoms with van der Waals surface area (Å²) in [7, 11) is 5.36. The Morgan fingerprint density at radius 1 is 1.39 bits per heavy atom. The van der Waals surface area contributed by atoms with E-state index < -0.39 is 5.97 Å². The van der Waals surface area contributed by atoms with Crippen LogP contribution in [0.1, 0.15) is 16.8 Å². The van der Waals surface area contributed by atoms with Gasteiger partial charge in [0.25, 0.3) is 0 Å². The number of methoxy groups -OCH3 is 1. The van der Waals surface area contributed by atoms with Gasteiger partial charge in [0.15, 0.2) is 0 Å². The average Bonchev–Trinajstić information content (AvgIpc) is 2.34. The van der Waals surface area contributed by atoms with Gasteiger partial charge in [0.2, 0.25) is 0 Å². The van der Waals surface area contributed by atoms with E-state index in [2.05, 4.69) is 9.64 Å². The smallest absolute Gasteiger partial charge is 0.337 e. The van der Waals surface area contributed by atoms with Crippen molar-refractivity contribution in [1.82, 2.24) is 4.90 Å². The first kappa shape index (κ1) is 14.8. The predicted octanol–water partition coefficient (Wildman–Crippen LogP) is 2.46. The highest BCUT2D eigenvalue weighted by atomic mass is 35.5. The lowest BCUT2D eigenvalue weighted by molar-refractivity contribution is 0.0600. The molecule has 1 aromatic rings. The van der Waals surface area contributed by atoms with E-state index in [9.17, 15) is 4.79 Å². The van der Waals surface area contributed by atoms with Gasteiger partial charge in [-0.1, -0.05) is 11.6 Å². The Morgan fingerprint density at radius 3 is 2.67 bits per heavy atom. The highest BCUT2D eigenvalue weighted by Gasteiger charge is 2.09. The zero-order chi connectivity index (χ0) is 13.5. The zero-order valence-electron chi connectivity index (χ0n) is 10.9. The average molecular weight is 272 g/mol. The number of carbonyl (C=O) groups excluding carboxylic acids is 1. The third-order valence-corrected chi connectivity index (χ3v) is 2.66. The molecule has 0 spiro atoms. The molecular formula is C13H18ClNO3. The van der Waals surface area contributed by atoms with Crippen LogP contribution in [0.25, 0.3) is 0 Å². The van der Waals surface area contributed by atoms with Crippen molar-refractivity contribution >= 4 is 17.6 Å². The van der Waals surface area contributed by atoms with Crippen LogP contribution in [-0.4, -0.2) is 45.2 Å². The van der Waals surface area contributed by atoms with Crippen LogP contribution < -0.4 is 4.74 Å². The van der Waals surface area contributed by atoms with Crippen molar-refractivity contribution in [2.45, 2.75) is 6.42 Å². The Hall–Kier alpha value is -1.26. The lowest BCUT2D eigenvalue weighted by Crippen LogP contribution is -2.15. The molecule has 0 fully saturated rings. The van der Waals surface area contributed by atoms with Crippen molar-refractivity contribution in [2.24, 2.45) is 0 Å². The van der Waals surface area contributed by atoms with Gasteiger partial charge >= 0.3 is 5.97 Å². The molecule has 0 aliphatic heterocycles. The molecular weight excluding hydrogens is 254 g/mol. The maximum Gasteiger partial charge on any atom is 0.337 e. The number of nitrogens with zero attached hydrogens (tertiary/aromatic N) is 1. The summed E-state index contributed by atoms with van der Waals surface area (Å²) < 4.78 is 10.2. The van der Waals surface area contributed by atoms with Gasteiger partial charge in [-0.25, -0.2) is 4.79 Å². The Morgan fingerprint density at radius 2 is 2.11 bits per heavy atom. The van der Waals surface area contributed by atoms with Gasteiger partial charge in [-0.3, -0.25) is 0 Å². The number of benzene rings is 1. The molecule has 0 saturated heterocycles.